The molecule has 0 bridgehead atoms. The van der Waals surface area contributed by atoms with E-state index in [1.54, 1.807) is 0 Å². The number of hydrogen-bond acceptors (Lipinski definition) is 2. The van der Waals surface area contributed by atoms with Gasteiger partial charge in [-0.25, -0.2) is 4.39 Å². The molecule has 5 heteroatoms. The molecule has 0 radical (unpaired) electrons. The van der Waals surface area contributed by atoms with Gasteiger partial charge >= 0.3 is 5.97 Å². The van der Waals surface area contributed by atoms with Gasteiger partial charge in [-0.3, -0.25) is 9.59 Å². The Morgan fingerprint density at radius 3 is 2.72 bits per heavy atom. The topological polar surface area (TPSA) is 57.6 Å². The van der Waals surface area contributed by atoms with E-state index in [0.717, 1.165) is 12.8 Å². The Balaban J connectivity index is 1.96. The number of carbonyl (C=O) groups excluding carboxylic acids is 1. The molecule has 1 heterocycles. The lowest BCUT2D eigenvalue weighted by molar-refractivity contribution is -0.145. The summed E-state index contributed by atoms with van der Waals surface area (Å²) in [6.07, 6.45) is 4.59. The maximum Gasteiger partial charge on any atom is 0.306 e. The molecule has 0 spiro atoms. The maximum atomic E-state index is 13.1. The third-order valence-electron chi connectivity index (χ3n) is 3.79. The highest BCUT2D eigenvalue weighted by atomic mass is 19.1. The van der Waals surface area contributed by atoms with Crippen LogP contribution < -0.4 is 0 Å². The van der Waals surface area contributed by atoms with Gasteiger partial charge in [-0.1, -0.05) is 6.42 Å². The fourth-order valence-electron chi connectivity index (χ4n) is 2.79. The Hall–Kier alpha value is -1.39. The lowest BCUT2D eigenvalue weighted by Crippen LogP contribution is -2.41. The summed E-state index contributed by atoms with van der Waals surface area (Å²) in [4.78, 5) is 24.7. The molecule has 0 saturated heterocycles. The van der Waals surface area contributed by atoms with Gasteiger partial charge in [0.1, 0.15) is 5.83 Å². The average molecular weight is 255 g/mol. The summed E-state index contributed by atoms with van der Waals surface area (Å²) in [5.74, 6) is -1.83. The van der Waals surface area contributed by atoms with Crippen molar-refractivity contribution in [2.45, 2.75) is 32.1 Å². The number of hydrogen-bond donors (Lipinski definition) is 1. The summed E-state index contributed by atoms with van der Waals surface area (Å²) in [7, 11) is 0. The fourth-order valence-corrected chi connectivity index (χ4v) is 2.79. The van der Waals surface area contributed by atoms with Gasteiger partial charge in [0.2, 0.25) is 5.91 Å². The molecule has 4 nitrogen and oxygen atoms in total. The third kappa shape index (κ3) is 2.89. The largest absolute Gasteiger partial charge is 0.481 e. The van der Waals surface area contributed by atoms with Gasteiger partial charge in [0.25, 0.3) is 0 Å². The predicted octanol–water partition coefficient (Wildman–Crippen LogP) is 1.96. The molecule has 1 aliphatic heterocycles. The van der Waals surface area contributed by atoms with Crippen molar-refractivity contribution < 1.29 is 19.1 Å². The van der Waals surface area contributed by atoms with Gasteiger partial charge < -0.3 is 10.0 Å². The number of carboxylic acids is 1. The van der Waals surface area contributed by atoms with Crippen LogP contribution in [0, 0.1) is 11.8 Å². The van der Waals surface area contributed by atoms with Crippen LogP contribution in [-0.4, -0.2) is 35.0 Å². The van der Waals surface area contributed by atoms with Crippen LogP contribution in [0.25, 0.3) is 0 Å². The number of amides is 1. The molecule has 2 aliphatic rings. The van der Waals surface area contributed by atoms with Crippen LogP contribution in [0.1, 0.15) is 32.1 Å². The highest BCUT2D eigenvalue weighted by molar-refractivity contribution is 5.80. The molecular formula is C13H18FNO3. The van der Waals surface area contributed by atoms with Gasteiger partial charge in [-0.15, -0.1) is 0 Å². The van der Waals surface area contributed by atoms with Crippen LogP contribution in [0.2, 0.25) is 0 Å². The first kappa shape index (κ1) is 13.1. The first-order valence-electron chi connectivity index (χ1n) is 6.44. The van der Waals surface area contributed by atoms with Crippen molar-refractivity contribution in [3.8, 4) is 0 Å². The SMILES string of the molecule is O=C(O)C1CCCC(C(=O)N2CCC=C(F)C2)C1. The number of carboxylic acid groups (broad SMARTS) is 1. The third-order valence-corrected chi connectivity index (χ3v) is 3.79. The molecule has 100 valence electrons. The van der Waals surface area contributed by atoms with Gasteiger partial charge in [-0.05, 0) is 31.8 Å². The molecule has 1 aliphatic carbocycles. The van der Waals surface area contributed by atoms with Crippen molar-refractivity contribution in [3.05, 3.63) is 11.9 Å². The molecule has 0 aromatic rings. The molecule has 1 N–H and O–H groups in total. The van der Waals surface area contributed by atoms with Crippen LogP contribution in [0.5, 0.6) is 0 Å². The molecule has 1 amide bonds. The van der Waals surface area contributed by atoms with Crippen molar-refractivity contribution in [3.63, 3.8) is 0 Å². The molecule has 2 unspecified atom stereocenters. The molecule has 0 aromatic heterocycles. The minimum Gasteiger partial charge on any atom is -0.481 e. The van der Waals surface area contributed by atoms with Crippen LogP contribution in [0.15, 0.2) is 11.9 Å². The summed E-state index contributed by atoms with van der Waals surface area (Å²) in [5, 5.41) is 9.00. The maximum absolute atomic E-state index is 13.1. The summed E-state index contributed by atoms with van der Waals surface area (Å²) in [5.41, 5.74) is 0. The zero-order chi connectivity index (χ0) is 13.1. The zero-order valence-electron chi connectivity index (χ0n) is 10.3. The second-order valence-corrected chi connectivity index (χ2v) is 5.10. The second-order valence-electron chi connectivity index (χ2n) is 5.10. The van der Waals surface area contributed by atoms with Crippen molar-refractivity contribution in [1.82, 2.24) is 4.90 Å². The highest BCUT2D eigenvalue weighted by Crippen LogP contribution is 2.31. The van der Waals surface area contributed by atoms with Crippen molar-refractivity contribution in [2.75, 3.05) is 13.1 Å². The Morgan fingerprint density at radius 1 is 1.33 bits per heavy atom. The molecule has 0 aromatic carbocycles. The molecule has 18 heavy (non-hydrogen) atoms. The Kier molecular flexibility index (Phi) is 3.99. The standard InChI is InChI=1S/C13H18FNO3/c14-11-5-2-6-15(8-11)12(16)9-3-1-4-10(7-9)13(17)18/h5,9-10H,1-4,6-8H2,(H,17,18). The summed E-state index contributed by atoms with van der Waals surface area (Å²) in [6, 6.07) is 0. The van der Waals surface area contributed by atoms with Crippen molar-refractivity contribution in [2.24, 2.45) is 11.8 Å². The summed E-state index contributed by atoms with van der Waals surface area (Å²) >= 11 is 0. The van der Waals surface area contributed by atoms with Crippen molar-refractivity contribution in [1.29, 1.82) is 0 Å². The number of nitrogens with zero attached hydrogens (tertiary/aromatic N) is 1. The lowest BCUT2D eigenvalue weighted by atomic mass is 9.80. The van der Waals surface area contributed by atoms with Crippen LogP contribution >= 0.6 is 0 Å². The van der Waals surface area contributed by atoms with E-state index in [9.17, 15) is 14.0 Å². The summed E-state index contributed by atoms with van der Waals surface area (Å²) < 4.78 is 13.1. The van der Waals surface area contributed by atoms with Gasteiger partial charge in [-0.2, -0.15) is 0 Å². The molecule has 1 fully saturated rings. The smallest absolute Gasteiger partial charge is 0.306 e. The average Bonchev–Trinajstić information content (AvgIpc) is 2.38. The second kappa shape index (κ2) is 5.50. The van der Waals surface area contributed by atoms with Crippen LogP contribution in [-0.2, 0) is 9.59 Å². The normalized spacial score (nSPS) is 28.7. The van der Waals surface area contributed by atoms with E-state index >= 15 is 0 Å². The Bertz CT molecular complexity index is 380. The van der Waals surface area contributed by atoms with Crippen LogP contribution in [0.3, 0.4) is 0 Å². The van der Waals surface area contributed by atoms with E-state index in [4.69, 9.17) is 5.11 Å². The first-order chi connectivity index (χ1) is 8.58. The molecular weight excluding hydrogens is 237 g/mol. The first-order valence-corrected chi connectivity index (χ1v) is 6.44. The molecule has 2 atom stereocenters. The quantitative estimate of drug-likeness (QED) is 0.820. The van der Waals surface area contributed by atoms with Gasteiger partial charge in [0.15, 0.2) is 0 Å². The number of rotatable bonds is 2. The number of carbonyl (C=O) groups is 2. The number of halogens is 1. The fraction of sp³-hybridized carbons (Fsp3) is 0.692. The minimum absolute atomic E-state index is 0.0487. The Labute approximate surface area is 105 Å². The predicted molar refractivity (Wildman–Crippen MR) is 63.5 cm³/mol. The number of aliphatic carboxylic acids is 1. The van der Waals surface area contributed by atoms with E-state index in [1.807, 2.05) is 0 Å². The lowest BCUT2D eigenvalue weighted by Gasteiger charge is -2.32. The Morgan fingerprint density at radius 2 is 2.06 bits per heavy atom. The van der Waals surface area contributed by atoms with Crippen LogP contribution in [0.4, 0.5) is 4.39 Å². The zero-order valence-corrected chi connectivity index (χ0v) is 10.3. The monoisotopic (exact) mass is 255 g/mol. The van der Waals surface area contributed by atoms with E-state index in [1.165, 1.54) is 11.0 Å². The highest BCUT2D eigenvalue weighted by Gasteiger charge is 2.33. The van der Waals surface area contributed by atoms with E-state index in [2.05, 4.69) is 0 Å². The summed E-state index contributed by atoms with van der Waals surface area (Å²) in [6.45, 7) is 0.591. The van der Waals surface area contributed by atoms with E-state index < -0.39 is 11.9 Å². The van der Waals surface area contributed by atoms with E-state index in [-0.39, 0.29) is 24.2 Å². The molecule has 2 rings (SSSR count). The van der Waals surface area contributed by atoms with Gasteiger partial charge in [0, 0.05) is 12.5 Å². The molecule has 1 saturated carbocycles. The van der Waals surface area contributed by atoms with Crippen molar-refractivity contribution >= 4 is 11.9 Å². The van der Waals surface area contributed by atoms with E-state index in [0.29, 0.717) is 25.8 Å². The minimum atomic E-state index is -0.822. The van der Waals surface area contributed by atoms with Gasteiger partial charge in [0.05, 0.1) is 12.5 Å².